The Hall–Kier alpha value is -0.0400. The Morgan fingerprint density at radius 3 is 2.43 bits per heavy atom. The highest BCUT2D eigenvalue weighted by Gasteiger charge is 2.40. The average Bonchev–Trinajstić information content (AvgIpc) is 2.15. The molecule has 1 saturated heterocycles. The van der Waals surface area contributed by atoms with Crippen LogP contribution in [0.1, 0.15) is 52.9 Å². The van der Waals surface area contributed by atoms with Crippen molar-refractivity contribution in [3.05, 3.63) is 0 Å². The van der Waals surface area contributed by atoms with Crippen LogP contribution in [0.5, 0.6) is 0 Å². The van der Waals surface area contributed by atoms with Gasteiger partial charge in [0.2, 0.25) is 0 Å². The van der Waals surface area contributed by atoms with E-state index in [2.05, 4.69) is 26.1 Å². The maximum Gasteiger partial charge on any atom is 0.0129 e. The summed E-state index contributed by atoms with van der Waals surface area (Å²) in [4.78, 5) is 0. The molecule has 14 heavy (non-hydrogen) atoms. The molecule has 1 aliphatic heterocycles. The quantitative estimate of drug-likeness (QED) is 0.626. The molecule has 0 aromatic heterocycles. The van der Waals surface area contributed by atoms with Crippen molar-refractivity contribution in [1.29, 1.82) is 0 Å². The van der Waals surface area contributed by atoms with Crippen molar-refractivity contribution in [1.82, 2.24) is 5.32 Å². The molecule has 0 bridgehead atoms. The zero-order valence-corrected chi connectivity index (χ0v) is 9.97. The van der Waals surface area contributed by atoms with Gasteiger partial charge in [0.15, 0.2) is 0 Å². The number of rotatable bonds is 0. The van der Waals surface area contributed by atoms with E-state index in [0.717, 1.165) is 17.9 Å². The topological polar surface area (TPSA) is 12.0 Å². The summed E-state index contributed by atoms with van der Waals surface area (Å²) in [6.45, 7) is 8.50. The predicted molar refractivity (Wildman–Crippen MR) is 61.3 cm³/mol. The Balaban J connectivity index is 2.09. The number of hydrogen-bond acceptors (Lipinski definition) is 1. The van der Waals surface area contributed by atoms with Crippen LogP contribution in [0.25, 0.3) is 0 Å². The van der Waals surface area contributed by atoms with Crippen molar-refractivity contribution in [2.24, 2.45) is 17.3 Å². The summed E-state index contributed by atoms with van der Waals surface area (Å²) in [5, 5.41) is 3.78. The summed E-state index contributed by atoms with van der Waals surface area (Å²) in [7, 11) is 0. The van der Waals surface area contributed by atoms with Gasteiger partial charge in [0, 0.05) is 6.04 Å². The van der Waals surface area contributed by atoms with Gasteiger partial charge in [0.1, 0.15) is 0 Å². The van der Waals surface area contributed by atoms with Crippen LogP contribution in [0.2, 0.25) is 0 Å². The van der Waals surface area contributed by atoms with Crippen LogP contribution in [0.4, 0.5) is 0 Å². The molecule has 2 fully saturated rings. The normalized spacial score (nSPS) is 39.2. The van der Waals surface area contributed by atoms with E-state index >= 15 is 0 Å². The molecule has 1 heteroatoms. The number of hydrogen-bond donors (Lipinski definition) is 1. The molecule has 0 spiro atoms. The fourth-order valence-corrected chi connectivity index (χ4v) is 3.53. The lowest BCUT2D eigenvalue weighted by molar-refractivity contribution is 0.0689. The first-order chi connectivity index (χ1) is 6.59. The van der Waals surface area contributed by atoms with Crippen molar-refractivity contribution in [3.63, 3.8) is 0 Å². The lowest BCUT2D eigenvalue weighted by Crippen LogP contribution is -2.52. The van der Waals surface area contributed by atoms with Crippen LogP contribution in [0.3, 0.4) is 0 Å². The summed E-state index contributed by atoms with van der Waals surface area (Å²) >= 11 is 0. The van der Waals surface area contributed by atoms with E-state index in [1.54, 1.807) is 0 Å². The van der Waals surface area contributed by atoms with Gasteiger partial charge in [-0.2, -0.15) is 0 Å². The van der Waals surface area contributed by atoms with Gasteiger partial charge in [-0.05, 0) is 49.5 Å². The largest absolute Gasteiger partial charge is 0.313 e. The van der Waals surface area contributed by atoms with E-state index in [4.69, 9.17) is 0 Å². The maximum atomic E-state index is 3.78. The minimum absolute atomic E-state index is 0.494. The predicted octanol–water partition coefficient (Wildman–Crippen LogP) is 3.20. The molecule has 0 unspecified atom stereocenters. The first-order valence-electron chi connectivity index (χ1n) is 6.32. The molecule has 1 N–H and O–H groups in total. The highest BCUT2D eigenvalue weighted by molar-refractivity contribution is 4.94. The molecule has 0 radical (unpaired) electrons. The van der Waals surface area contributed by atoms with Gasteiger partial charge >= 0.3 is 0 Å². The molecule has 0 aromatic rings. The summed E-state index contributed by atoms with van der Waals surface area (Å²) in [6, 6.07) is 0.831. The van der Waals surface area contributed by atoms with Crippen LogP contribution in [-0.4, -0.2) is 12.6 Å². The Kier molecular flexibility index (Phi) is 2.88. The van der Waals surface area contributed by atoms with Crippen LogP contribution >= 0.6 is 0 Å². The Morgan fingerprint density at radius 2 is 1.71 bits per heavy atom. The molecule has 1 heterocycles. The zero-order valence-electron chi connectivity index (χ0n) is 9.97. The summed E-state index contributed by atoms with van der Waals surface area (Å²) in [6.07, 6.45) is 7.26. The summed E-state index contributed by atoms with van der Waals surface area (Å²) in [5.41, 5.74) is 0.494. The van der Waals surface area contributed by atoms with E-state index in [1.807, 2.05) is 0 Å². The average molecular weight is 195 g/mol. The molecule has 1 saturated carbocycles. The summed E-state index contributed by atoms with van der Waals surface area (Å²) in [5.74, 6) is 1.89. The third-order valence-electron chi connectivity index (χ3n) is 4.28. The van der Waals surface area contributed by atoms with Gasteiger partial charge in [0.05, 0.1) is 0 Å². The van der Waals surface area contributed by atoms with Crippen molar-refractivity contribution < 1.29 is 0 Å². The van der Waals surface area contributed by atoms with Crippen LogP contribution < -0.4 is 5.32 Å². The number of nitrogens with one attached hydrogen (secondary N) is 1. The minimum Gasteiger partial charge on any atom is -0.313 e. The van der Waals surface area contributed by atoms with Gasteiger partial charge in [-0.15, -0.1) is 0 Å². The molecule has 2 aliphatic rings. The van der Waals surface area contributed by atoms with E-state index in [-0.39, 0.29) is 0 Å². The molecule has 82 valence electrons. The second-order valence-corrected chi connectivity index (χ2v) is 6.29. The smallest absolute Gasteiger partial charge is 0.0129 e. The van der Waals surface area contributed by atoms with Gasteiger partial charge in [0.25, 0.3) is 0 Å². The third-order valence-corrected chi connectivity index (χ3v) is 4.28. The van der Waals surface area contributed by atoms with Gasteiger partial charge in [-0.25, -0.2) is 0 Å². The highest BCUT2D eigenvalue weighted by atomic mass is 14.9. The molecule has 3 atom stereocenters. The van der Waals surface area contributed by atoms with E-state index in [1.165, 1.54) is 38.6 Å². The first kappa shape index (κ1) is 10.5. The monoisotopic (exact) mass is 195 g/mol. The Morgan fingerprint density at radius 1 is 1.00 bits per heavy atom. The summed E-state index contributed by atoms with van der Waals surface area (Å²) < 4.78 is 0. The fraction of sp³-hybridized carbons (Fsp3) is 1.00. The maximum absolute atomic E-state index is 3.78. The fourth-order valence-electron chi connectivity index (χ4n) is 3.53. The van der Waals surface area contributed by atoms with Crippen molar-refractivity contribution >= 4 is 0 Å². The van der Waals surface area contributed by atoms with E-state index < -0.39 is 0 Å². The van der Waals surface area contributed by atoms with E-state index in [9.17, 15) is 0 Å². The molecular formula is C13H25N. The van der Waals surface area contributed by atoms with Crippen LogP contribution in [0, 0.1) is 17.3 Å². The lowest BCUT2D eigenvalue weighted by Gasteiger charge is -2.47. The van der Waals surface area contributed by atoms with Crippen molar-refractivity contribution in [2.75, 3.05) is 6.54 Å². The molecule has 1 aliphatic carbocycles. The van der Waals surface area contributed by atoms with Gasteiger partial charge in [-0.3, -0.25) is 0 Å². The highest BCUT2D eigenvalue weighted by Crippen LogP contribution is 2.42. The van der Waals surface area contributed by atoms with Crippen molar-refractivity contribution in [2.45, 2.75) is 58.9 Å². The minimum atomic E-state index is 0.494. The molecule has 0 aromatic carbocycles. The third kappa shape index (κ3) is 1.98. The van der Waals surface area contributed by atoms with Crippen LogP contribution in [-0.2, 0) is 0 Å². The number of piperidine rings is 1. The van der Waals surface area contributed by atoms with Gasteiger partial charge in [-0.1, -0.05) is 27.2 Å². The Bertz CT molecular complexity index is 190. The molecule has 0 amide bonds. The molecule has 2 rings (SSSR count). The molecular weight excluding hydrogens is 170 g/mol. The second kappa shape index (κ2) is 3.84. The van der Waals surface area contributed by atoms with Crippen LogP contribution in [0.15, 0.2) is 0 Å². The SMILES string of the molecule is CC(C)(C)[C@@H]1CCC[C@@H]2CCCN[C@H]21. The second-order valence-electron chi connectivity index (χ2n) is 6.29. The van der Waals surface area contributed by atoms with Crippen molar-refractivity contribution in [3.8, 4) is 0 Å². The lowest BCUT2D eigenvalue weighted by atomic mass is 9.64. The van der Waals surface area contributed by atoms with E-state index in [0.29, 0.717) is 5.41 Å². The van der Waals surface area contributed by atoms with Gasteiger partial charge < -0.3 is 5.32 Å². The zero-order chi connectivity index (χ0) is 10.2. The molecule has 1 nitrogen and oxygen atoms in total. The number of fused-ring (bicyclic) bond motifs is 1. The Labute approximate surface area is 88.7 Å². The standard InChI is InChI=1S/C13H25N/c1-13(2,3)11-8-4-6-10-7-5-9-14-12(10)11/h10-12,14H,4-9H2,1-3H3/t10-,11-,12-/m1/s1. The first-order valence-corrected chi connectivity index (χ1v) is 6.32.